The maximum Gasteiger partial charge on any atom is 0.350 e. The molecule has 2 heterocycles. The highest BCUT2D eigenvalue weighted by atomic mass is 32.1. The second-order valence-corrected chi connectivity index (χ2v) is 7.83. The van der Waals surface area contributed by atoms with Crippen LogP contribution in [0.2, 0.25) is 0 Å². The van der Waals surface area contributed by atoms with Crippen LogP contribution in [0.5, 0.6) is 0 Å². The van der Waals surface area contributed by atoms with Gasteiger partial charge in [0.05, 0.1) is 29.5 Å². The van der Waals surface area contributed by atoms with Crippen LogP contribution >= 0.6 is 11.3 Å². The molecule has 1 aromatic heterocycles. The van der Waals surface area contributed by atoms with Crippen molar-refractivity contribution < 1.29 is 19.4 Å². The van der Waals surface area contributed by atoms with E-state index in [-0.39, 0.29) is 12.2 Å². The Kier molecular flexibility index (Phi) is 6.04. The van der Waals surface area contributed by atoms with E-state index < -0.39 is 17.9 Å². The molecule has 0 aliphatic carbocycles. The van der Waals surface area contributed by atoms with Gasteiger partial charge in [-0.2, -0.15) is 5.26 Å². The molecule has 0 saturated carbocycles. The third kappa shape index (κ3) is 3.84. The van der Waals surface area contributed by atoms with Gasteiger partial charge in [0.15, 0.2) is 0 Å². The second-order valence-electron chi connectivity index (χ2n) is 6.83. The van der Waals surface area contributed by atoms with Crippen molar-refractivity contribution in [2.24, 2.45) is 0 Å². The molecule has 1 atom stereocenters. The van der Waals surface area contributed by atoms with E-state index in [1.165, 1.54) is 11.3 Å². The minimum atomic E-state index is -1.06. The molecule has 2 N–H and O–H groups in total. The molecule has 1 aliphatic heterocycles. The van der Waals surface area contributed by atoms with Crippen LogP contribution in [0, 0.1) is 18.3 Å². The molecule has 0 spiro atoms. The van der Waals surface area contributed by atoms with Crippen LogP contribution in [0.3, 0.4) is 0 Å². The van der Waals surface area contributed by atoms with Gasteiger partial charge in [0.2, 0.25) is 0 Å². The molecule has 1 aliphatic rings. The summed E-state index contributed by atoms with van der Waals surface area (Å²) < 4.78 is 5.11. The lowest BCUT2D eigenvalue weighted by molar-refractivity contribution is -0.132. The summed E-state index contributed by atoms with van der Waals surface area (Å²) in [6.07, 6.45) is 0. The molecule has 3 rings (SSSR count). The molecule has 1 unspecified atom stereocenters. The Hall–Kier alpha value is -3.44. The van der Waals surface area contributed by atoms with E-state index in [2.05, 4.69) is 16.4 Å². The summed E-state index contributed by atoms with van der Waals surface area (Å²) in [5.74, 6) is -2.15. The number of nitrogens with zero attached hydrogens (tertiary/aromatic N) is 2. The molecular formula is C22H21N3O4S. The fourth-order valence-electron chi connectivity index (χ4n) is 3.58. The lowest BCUT2D eigenvalue weighted by atomic mass is 9.80. The van der Waals surface area contributed by atoms with Crippen LogP contribution in [0.1, 0.15) is 58.2 Å². The van der Waals surface area contributed by atoms with Crippen molar-refractivity contribution in [2.45, 2.75) is 33.6 Å². The molecule has 0 amide bonds. The topological polar surface area (TPSA) is 112 Å². The number of carboxylic acid groups (broad SMARTS) is 1. The number of dihydropyridines is 1. The van der Waals surface area contributed by atoms with E-state index >= 15 is 0 Å². The van der Waals surface area contributed by atoms with Gasteiger partial charge in [0.1, 0.15) is 9.88 Å². The fraction of sp³-hybridized carbons (Fsp3) is 0.273. The average molecular weight is 423 g/mol. The molecule has 30 heavy (non-hydrogen) atoms. The van der Waals surface area contributed by atoms with Crippen LogP contribution in [0.15, 0.2) is 41.2 Å². The zero-order valence-corrected chi connectivity index (χ0v) is 17.9. The molecule has 0 bridgehead atoms. The zero-order valence-electron chi connectivity index (χ0n) is 17.1. The molecule has 7 nitrogen and oxygen atoms in total. The Morgan fingerprint density at radius 2 is 2.03 bits per heavy atom. The summed E-state index contributed by atoms with van der Waals surface area (Å²) in [5.41, 5.74) is 3.75. The largest absolute Gasteiger partial charge is 0.478 e. The molecule has 8 heteroatoms. The highest BCUT2D eigenvalue weighted by Gasteiger charge is 2.36. The number of thiazole rings is 1. The van der Waals surface area contributed by atoms with Gasteiger partial charge in [-0.15, -0.1) is 11.3 Å². The third-order valence-corrected chi connectivity index (χ3v) is 6.00. The predicted octanol–water partition coefficient (Wildman–Crippen LogP) is 3.98. The number of aliphatic carboxylic acids is 1. The average Bonchev–Trinajstić information content (AvgIpc) is 3.08. The normalized spacial score (nSPS) is 16.2. The van der Waals surface area contributed by atoms with Crippen LogP contribution < -0.4 is 5.32 Å². The number of carbonyl (C=O) groups excluding carboxylic acids is 1. The number of rotatable bonds is 5. The monoisotopic (exact) mass is 423 g/mol. The number of aryl methyl sites for hydroxylation is 1. The third-order valence-electron chi connectivity index (χ3n) is 4.83. The molecular weight excluding hydrogens is 402 g/mol. The number of benzene rings is 1. The highest BCUT2D eigenvalue weighted by Crippen LogP contribution is 2.45. The van der Waals surface area contributed by atoms with Gasteiger partial charge in [-0.05, 0) is 45.4 Å². The van der Waals surface area contributed by atoms with E-state index in [9.17, 15) is 20.0 Å². The number of nitrogens with one attached hydrogen (secondary N) is 1. The van der Waals surface area contributed by atoms with Crippen molar-refractivity contribution in [3.05, 3.63) is 67.9 Å². The van der Waals surface area contributed by atoms with Gasteiger partial charge in [0.25, 0.3) is 0 Å². The number of esters is 1. The maximum atomic E-state index is 12.3. The van der Waals surface area contributed by atoms with Gasteiger partial charge in [-0.3, -0.25) is 0 Å². The summed E-state index contributed by atoms with van der Waals surface area (Å²) in [7, 11) is 0. The van der Waals surface area contributed by atoms with Gasteiger partial charge in [-0.25, -0.2) is 14.6 Å². The van der Waals surface area contributed by atoms with Crippen molar-refractivity contribution in [1.29, 1.82) is 5.26 Å². The van der Waals surface area contributed by atoms with Gasteiger partial charge < -0.3 is 15.2 Å². The first-order valence-corrected chi connectivity index (χ1v) is 10.2. The summed E-state index contributed by atoms with van der Waals surface area (Å²) in [6, 6.07) is 8.99. The molecule has 1 aromatic carbocycles. The number of carboxylic acids is 1. The molecule has 154 valence electrons. The Balaban J connectivity index is 2.22. The highest BCUT2D eigenvalue weighted by molar-refractivity contribution is 7.14. The number of ether oxygens (including phenoxy) is 1. The standard InChI is InChI=1S/C22H21N3O4S/c1-5-29-22(28)19-13(4)25-20(30-19)16-11(2)24-12(3)17(21(26)27)18(16)15-8-6-7-14(9-15)10-23/h6-9,18,24H,5H2,1-4H3,(H,26,27). The molecule has 0 fully saturated rings. The minimum absolute atomic E-state index is 0.177. The Morgan fingerprint density at radius 1 is 1.30 bits per heavy atom. The molecule has 2 aromatic rings. The van der Waals surface area contributed by atoms with Crippen molar-refractivity contribution >= 4 is 28.8 Å². The van der Waals surface area contributed by atoms with E-state index in [0.29, 0.717) is 38.0 Å². The molecule has 0 radical (unpaired) electrons. The summed E-state index contributed by atoms with van der Waals surface area (Å²) in [6.45, 7) is 7.27. The summed E-state index contributed by atoms with van der Waals surface area (Å²) in [4.78, 5) is 29.4. The van der Waals surface area contributed by atoms with Crippen molar-refractivity contribution in [1.82, 2.24) is 10.3 Å². The van der Waals surface area contributed by atoms with Gasteiger partial charge in [0, 0.05) is 22.9 Å². The van der Waals surface area contributed by atoms with Crippen LogP contribution in [-0.4, -0.2) is 28.6 Å². The first-order valence-electron chi connectivity index (χ1n) is 9.35. The quantitative estimate of drug-likeness (QED) is 0.700. The van der Waals surface area contributed by atoms with E-state index in [0.717, 1.165) is 5.70 Å². The summed E-state index contributed by atoms with van der Waals surface area (Å²) >= 11 is 1.18. The Morgan fingerprint density at radius 3 is 2.67 bits per heavy atom. The first kappa shape index (κ1) is 21.3. The minimum Gasteiger partial charge on any atom is -0.478 e. The van der Waals surface area contributed by atoms with Crippen molar-refractivity contribution in [3.8, 4) is 6.07 Å². The van der Waals surface area contributed by atoms with Crippen LogP contribution in [-0.2, 0) is 9.53 Å². The van der Waals surface area contributed by atoms with Crippen LogP contribution in [0.4, 0.5) is 0 Å². The van der Waals surface area contributed by atoms with Crippen LogP contribution in [0.25, 0.3) is 5.57 Å². The number of allylic oxidation sites excluding steroid dienone is 3. The Bertz CT molecular complexity index is 1140. The van der Waals surface area contributed by atoms with E-state index in [1.807, 2.05) is 6.92 Å². The first-order chi connectivity index (χ1) is 14.3. The van der Waals surface area contributed by atoms with E-state index in [1.54, 1.807) is 45.0 Å². The van der Waals surface area contributed by atoms with Gasteiger partial charge in [-0.1, -0.05) is 12.1 Å². The number of aromatic nitrogens is 1. The summed E-state index contributed by atoms with van der Waals surface area (Å²) in [5, 5.41) is 22.9. The number of nitriles is 1. The lowest BCUT2D eigenvalue weighted by Gasteiger charge is -2.30. The van der Waals surface area contributed by atoms with Crippen molar-refractivity contribution in [2.75, 3.05) is 6.61 Å². The van der Waals surface area contributed by atoms with Gasteiger partial charge >= 0.3 is 11.9 Å². The predicted molar refractivity (Wildman–Crippen MR) is 113 cm³/mol. The second kappa shape index (κ2) is 8.51. The Labute approximate surface area is 178 Å². The van der Waals surface area contributed by atoms with E-state index in [4.69, 9.17) is 4.74 Å². The number of hydrogen-bond acceptors (Lipinski definition) is 7. The number of carbonyl (C=O) groups is 2. The molecule has 0 saturated heterocycles. The van der Waals surface area contributed by atoms with Crippen molar-refractivity contribution in [3.63, 3.8) is 0 Å². The fourth-order valence-corrected chi connectivity index (χ4v) is 4.67. The maximum absolute atomic E-state index is 12.3. The smallest absolute Gasteiger partial charge is 0.350 e. The SMILES string of the molecule is CCOC(=O)c1sc(C2=C(C)NC(C)=C(C(=O)O)C2c2cccc(C#N)c2)nc1C. The zero-order chi connectivity index (χ0) is 22.0. The lowest BCUT2D eigenvalue weighted by Crippen LogP contribution is -2.27. The number of hydrogen-bond donors (Lipinski definition) is 2.